The standard InChI is InChI=1S/C30H24F2N8O3S/c1-4-22(42)38-8-9-39(20-11-19(20)38)27-15-10-17(32)25-23-16(31)6-5-7-18(23)35-21(41)12-44-29-26(24(14(2)3)33-13-34-29)40(28(15)36-25)30(43)37-27/h4-7,10-11,13-14,19H,1,8-9,12H2,2-3H3,(H,35,41)/t19-/m0/s1. The number of piperazine rings is 1. The zero-order valence-electron chi connectivity index (χ0n) is 23.5. The Morgan fingerprint density at radius 3 is 2.75 bits per heavy atom. The van der Waals surface area contributed by atoms with Crippen LogP contribution in [0, 0.1) is 11.6 Å². The minimum absolute atomic E-state index is 0.0125. The highest BCUT2D eigenvalue weighted by Crippen LogP contribution is 2.41. The van der Waals surface area contributed by atoms with Crippen LogP contribution in [-0.2, 0) is 9.59 Å². The van der Waals surface area contributed by atoms with E-state index in [2.05, 4.69) is 31.8 Å². The van der Waals surface area contributed by atoms with Crippen molar-refractivity contribution < 1.29 is 18.4 Å². The Labute approximate surface area is 253 Å². The minimum Gasteiger partial charge on any atom is -0.325 e. The van der Waals surface area contributed by atoms with E-state index < -0.39 is 23.2 Å². The maximum Gasteiger partial charge on any atom is 0.356 e. The molecular weight excluding hydrogens is 590 g/mol. The molecule has 11 nitrogen and oxygen atoms in total. The predicted octanol–water partition coefficient (Wildman–Crippen LogP) is 3.78. The number of nitrogens with zero attached hydrogens (tertiary/aromatic N) is 7. The molecule has 2 bridgehead atoms. The largest absolute Gasteiger partial charge is 0.356 e. The Morgan fingerprint density at radius 1 is 1.16 bits per heavy atom. The van der Waals surface area contributed by atoms with Crippen LogP contribution < -0.4 is 15.9 Å². The first-order valence-electron chi connectivity index (χ1n) is 13.8. The van der Waals surface area contributed by atoms with Gasteiger partial charge in [-0.05, 0) is 36.3 Å². The molecule has 3 aromatic heterocycles. The van der Waals surface area contributed by atoms with E-state index in [1.807, 2.05) is 19.9 Å². The van der Waals surface area contributed by atoms with Crippen LogP contribution in [0.5, 0.6) is 0 Å². The summed E-state index contributed by atoms with van der Waals surface area (Å²) in [4.78, 5) is 60.7. The van der Waals surface area contributed by atoms with E-state index >= 15 is 8.78 Å². The number of carbonyl (C=O) groups excluding carboxylic acids is 2. The number of benzene rings is 1. The van der Waals surface area contributed by atoms with Gasteiger partial charge < -0.3 is 15.1 Å². The summed E-state index contributed by atoms with van der Waals surface area (Å²) in [6.07, 6.45) is 4.45. The van der Waals surface area contributed by atoms with Gasteiger partial charge in [0, 0.05) is 18.8 Å². The van der Waals surface area contributed by atoms with Gasteiger partial charge in [0.2, 0.25) is 11.8 Å². The Kier molecular flexibility index (Phi) is 6.53. The van der Waals surface area contributed by atoms with Gasteiger partial charge in [-0.1, -0.05) is 38.3 Å². The van der Waals surface area contributed by atoms with Gasteiger partial charge in [0.15, 0.2) is 11.5 Å². The van der Waals surface area contributed by atoms with Crippen LogP contribution in [0.3, 0.4) is 0 Å². The van der Waals surface area contributed by atoms with E-state index in [4.69, 9.17) is 0 Å². The summed E-state index contributed by atoms with van der Waals surface area (Å²) in [6.45, 7) is 7.94. The highest BCUT2D eigenvalue weighted by atomic mass is 32.2. The summed E-state index contributed by atoms with van der Waals surface area (Å²) in [6, 6.07) is 4.88. The average molecular weight is 615 g/mol. The summed E-state index contributed by atoms with van der Waals surface area (Å²) in [5.74, 6) is -2.56. The summed E-state index contributed by atoms with van der Waals surface area (Å²) in [5, 5.41) is 3.18. The second kappa shape index (κ2) is 10.3. The molecule has 1 N–H and O–H groups in total. The number of thioether (sulfide) groups is 1. The maximum absolute atomic E-state index is 16.1. The number of hydrogen-bond donors (Lipinski definition) is 1. The number of pyridine rings is 1. The average Bonchev–Trinajstić information content (AvgIpc) is 3.80. The number of anilines is 2. The smallest absolute Gasteiger partial charge is 0.325 e. The molecule has 5 heterocycles. The number of halogens is 2. The van der Waals surface area contributed by atoms with Crippen LogP contribution in [0.25, 0.3) is 28.0 Å². The number of rotatable bonds is 3. The van der Waals surface area contributed by atoms with E-state index in [1.165, 1.54) is 35.2 Å². The molecule has 2 amide bonds. The Morgan fingerprint density at radius 2 is 1.98 bits per heavy atom. The molecule has 3 aliphatic rings. The third kappa shape index (κ3) is 4.35. The molecule has 1 saturated heterocycles. The number of hydrogen-bond acceptors (Lipinski definition) is 9. The van der Waals surface area contributed by atoms with E-state index in [0.717, 1.165) is 23.5 Å². The minimum atomic E-state index is -0.881. The number of amides is 2. The van der Waals surface area contributed by atoms with Crippen molar-refractivity contribution >= 4 is 46.1 Å². The number of carbonyl (C=O) groups is 2. The fraction of sp³-hybridized carbons (Fsp3) is 0.233. The summed E-state index contributed by atoms with van der Waals surface area (Å²) < 4.78 is 32.7. The number of aromatic nitrogens is 5. The normalized spacial score (nSPS) is 17.2. The Bertz CT molecular complexity index is 2030. The molecule has 14 heteroatoms. The Balaban J connectivity index is 1.55. The second-order valence-corrected chi connectivity index (χ2v) is 11.7. The van der Waals surface area contributed by atoms with E-state index in [1.54, 1.807) is 9.80 Å². The van der Waals surface area contributed by atoms with Gasteiger partial charge in [0.1, 0.15) is 34.4 Å². The monoisotopic (exact) mass is 614 g/mol. The lowest BCUT2D eigenvalue weighted by molar-refractivity contribution is -0.126. The second-order valence-electron chi connectivity index (χ2n) is 10.7. The first-order valence-corrected chi connectivity index (χ1v) is 14.8. The highest BCUT2D eigenvalue weighted by molar-refractivity contribution is 8.00. The van der Waals surface area contributed by atoms with Gasteiger partial charge in [0.25, 0.3) is 0 Å². The van der Waals surface area contributed by atoms with Crippen molar-refractivity contribution in [1.82, 2.24) is 29.4 Å². The van der Waals surface area contributed by atoms with Crippen LogP contribution in [0.4, 0.5) is 20.3 Å². The maximum atomic E-state index is 16.1. The van der Waals surface area contributed by atoms with Crippen LogP contribution >= 0.6 is 11.8 Å². The fourth-order valence-corrected chi connectivity index (χ4v) is 6.47. The number of nitrogens with one attached hydrogen (secondary N) is 1. The lowest BCUT2D eigenvalue weighted by Gasteiger charge is -2.34. The molecule has 1 aliphatic carbocycles. The van der Waals surface area contributed by atoms with Crippen LogP contribution in [-0.4, -0.2) is 66.1 Å². The zero-order valence-corrected chi connectivity index (χ0v) is 24.4. The molecule has 0 unspecified atom stereocenters. The molecule has 1 atom stereocenters. The molecule has 0 spiro atoms. The van der Waals surface area contributed by atoms with Gasteiger partial charge in [-0.3, -0.25) is 9.59 Å². The van der Waals surface area contributed by atoms with Crippen molar-refractivity contribution in [3.63, 3.8) is 0 Å². The van der Waals surface area contributed by atoms with E-state index in [9.17, 15) is 14.4 Å². The molecule has 1 aromatic carbocycles. The first kappa shape index (κ1) is 27.8. The van der Waals surface area contributed by atoms with Crippen molar-refractivity contribution in [2.24, 2.45) is 0 Å². The van der Waals surface area contributed by atoms with Gasteiger partial charge in [-0.15, -0.1) is 0 Å². The van der Waals surface area contributed by atoms with E-state index in [0.29, 0.717) is 17.3 Å². The van der Waals surface area contributed by atoms with Gasteiger partial charge in [-0.2, -0.15) is 4.98 Å². The van der Waals surface area contributed by atoms with Crippen molar-refractivity contribution in [2.45, 2.75) is 30.8 Å². The fourth-order valence-electron chi connectivity index (χ4n) is 5.67. The molecular formula is C30H24F2N8O3S. The molecule has 2 aliphatic heterocycles. The summed E-state index contributed by atoms with van der Waals surface area (Å²) >= 11 is 1.07. The molecule has 0 radical (unpaired) electrons. The summed E-state index contributed by atoms with van der Waals surface area (Å²) in [7, 11) is 0. The SMILES string of the molecule is C=CC(=O)N1CCN(c2nc(=O)n3c4nc(c(F)cc24)-c2c(F)cccc2NC(=O)CSc2ncnc(C(C)C)c2-3)C2=C[C@@H]21. The molecule has 44 heavy (non-hydrogen) atoms. The van der Waals surface area contributed by atoms with E-state index in [-0.39, 0.29) is 69.6 Å². The predicted molar refractivity (Wildman–Crippen MR) is 161 cm³/mol. The van der Waals surface area contributed by atoms with Crippen molar-refractivity contribution in [3.8, 4) is 16.9 Å². The first-order chi connectivity index (χ1) is 21.2. The van der Waals surface area contributed by atoms with Gasteiger partial charge in [-0.25, -0.2) is 33.1 Å². The molecule has 222 valence electrons. The molecule has 0 saturated carbocycles. The highest BCUT2D eigenvalue weighted by Gasteiger charge is 2.43. The zero-order chi connectivity index (χ0) is 30.9. The van der Waals surface area contributed by atoms with Crippen molar-refractivity contribution in [2.75, 3.05) is 29.1 Å². The third-order valence-corrected chi connectivity index (χ3v) is 8.68. The number of fused-ring (bicyclic) bond motifs is 6. The quantitative estimate of drug-likeness (QED) is 0.271. The van der Waals surface area contributed by atoms with Gasteiger partial charge in [0.05, 0.1) is 34.1 Å². The van der Waals surface area contributed by atoms with Gasteiger partial charge >= 0.3 is 5.69 Å². The Hall–Kier alpha value is -4.98. The molecule has 1 fully saturated rings. The molecule has 4 aromatic rings. The summed E-state index contributed by atoms with van der Waals surface area (Å²) in [5.41, 5.74) is 0.143. The molecule has 7 rings (SSSR count). The van der Waals surface area contributed by atoms with Crippen molar-refractivity contribution in [1.29, 1.82) is 0 Å². The third-order valence-electron chi connectivity index (χ3n) is 7.70. The lowest BCUT2D eigenvalue weighted by atomic mass is 10.1. The van der Waals surface area contributed by atoms with Crippen LogP contribution in [0.15, 0.2) is 64.8 Å². The van der Waals surface area contributed by atoms with Crippen LogP contribution in [0.1, 0.15) is 25.5 Å². The van der Waals surface area contributed by atoms with Crippen LogP contribution in [0.2, 0.25) is 0 Å². The lowest BCUT2D eigenvalue weighted by Crippen LogP contribution is -2.46. The van der Waals surface area contributed by atoms with Crippen molar-refractivity contribution in [3.05, 3.63) is 82.8 Å². The topological polar surface area (TPSA) is 126 Å².